The van der Waals surface area contributed by atoms with Crippen LogP contribution in [0.15, 0.2) is 36.4 Å². The second kappa shape index (κ2) is 10.3. The number of amides is 2. The van der Waals surface area contributed by atoms with Gasteiger partial charge in [-0.1, -0.05) is 32.9 Å². The summed E-state index contributed by atoms with van der Waals surface area (Å²) in [7, 11) is 0. The second-order valence-electron chi connectivity index (χ2n) is 12.0. The Hall–Kier alpha value is -3.13. The predicted molar refractivity (Wildman–Crippen MR) is 150 cm³/mol. The van der Waals surface area contributed by atoms with Gasteiger partial charge in [-0.05, 0) is 86.8 Å². The number of pyridine rings is 1. The number of nitrogens with one attached hydrogen (secondary N) is 2. The Morgan fingerprint density at radius 3 is 2.49 bits per heavy atom. The molecule has 0 fully saturated rings. The van der Waals surface area contributed by atoms with E-state index in [9.17, 15) is 9.59 Å². The quantitative estimate of drug-likeness (QED) is 0.355. The second-order valence-corrected chi connectivity index (χ2v) is 13.0. The molecule has 0 saturated carbocycles. The van der Waals surface area contributed by atoms with Crippen LogP contribution >= 0.6 is 11.3 Å². The first-order valence-corrected chi connectivity index (χ1v) is 13.7. The number of nitrogens with zero attached hydrogens (tertiary/aromatic N) is 1. The fourth-order valence-corrected chi connectivity index (χ4v) is 5.62. The molecule has 1 aliphatic carbocycles. The molecule has 0 unspecified atom stereocenters. The van der Waals surface area contributed by atoms with E-state index in [0.717, 1.165) is 40.7 Å². The van der Waals surface area contributed by atoms with Crippen molar-refractivity contribution in [3.05, 3.63) is 58.1 Å². The van der Waals surface area contributed by atoms with Crippen LogP contribution < -0.4 is 16.4 Å². The van der Waals surface area contributed by atoms with Crippen molar-refractivity contribution in [1.29, 1.82) is 0 Å². The van der Waals surface area contributed by atoms with Crippen LogP contribution in [0.4, 0.5) is 10.5 Å². The molecule has 37 heavy (non-hydrogen) atoms. The van der Waals surface area contributed by atoms with E-state index in [1.807, 2.05) is 39.0 Å². The van der Waals surface area contributed by atoms with Gasteiger partial charge >= 0.3 is 6.09 Å². The number of ether oxygens (including phenoxy) is 1. The number of thiophene rings is 1. The molecular formula is C29H38N4O3S. The van der Waals surface area contributed by atoms with Crippen molar-refractivity contribution in [3.63, 3.8) is 0 Å². The molecule has 7 nitrogen and oxygen atoms in total. The number of alkyl carbamates (subject to hydrolysis) is 1. The third-order valence-electron chi connectivity index (χ3n) is 6.82. The van der Waals surface area contributed by atoms with E-state index in [-0.39, 0.29) is 17.9 Å². The monoisotopic (exact) mass is 522 g/mol. The van der Waals surface area contributed by atoms with Gasteiger partial charge in [0.1, 0.15) is 10.4 Å². The van der Waals surface area contributed by atoms with E-state index in [0.29, 0.717) is 16.5 Å². The Bertz CT molecular complexity index is 1290. The van der Waals surface area contributed by atoms with Crippen LogP contribution in [0.2, 0.25) is 0 Å². The van der Waals surface area contributed by atoms with E-state index in [1.165, 1.54) is 16.9 Å². The van der Waals surface area contributed by atoms with Gasteiger partial charge in [0.15, 0.2) is 0 Å². The van der Waals surface area contributed by atoms with Crippen LogP contribution in [0.1, 0.15) is 80.5 Å². The molecule has 2 atom stereocenters. The van der Waals surface area contributed by atoms with E-state index in [4.69, 9.17) is 15.5 Å². The summed E-state index contributed by atoms with van der Waals surface area (Å²) < 4.78 is 5.36. The smallest absolute Gasteiger partial charge is 0.407 e. The standard InChI is InChI=1S/C29H38N4O3S/c1-28(2,3)20-9-12-22-18(14-20)13-19-15-24(37-26(19)33-22)25(34)32-23(17-7-10-21(30)11-8-17)16-31-27(35)36-29(4,5)6/h7-8,10-11,13,15,20,23H,9,12,14,16,30H2,1-6H3,(H,31,35)(H,32,34)/t20-,23+/m1/s1. The number of nitrogen functional groups attached to an aromatic ring is 1. The van der Waals surface area contributed by atoms with Gasteiger partial charge < -0.3 is 21.1 Å². The third kappa shape index (κ3) is 6.80. The van der Waals surface area contributed by atoms with Crippen molar-refractivity contribution < 1.29 is 14.3 Å². The molecule has 2 aromatic heterocycles. The Morgan fingerprint density at radius 2 is 1.84 bits per heavy atom. The van der Waals surface area contributed by atoms with E-state index >= 15 is 0 Å². The maximum atomic E-state index is 13.3. The topological polar surface area (TPSA) is 106 Å². The summed E-state index contributed by atoms with van der Waals surface area (Å²) in [5, 5.41) is 6.85. The Kier molecular flexibility index (Phi) is 7.51. The molecule has 2 heterocycles. The number of fused-ring (bicyclic) bond motifs is 2. The predicted octanol–water partition coefficient (Wildman–Crippen LogP) is 6.03. The largest absolute Gasteiger partial charge is 0.444 e. The number of carbonyl (C=O) groups is 2. The van der Waals surface area contributed by atoms with Crippen LogP contribution in [-0.2, 0) is 17.6 Å². The highest BCUT2D eigenvalue weighted by atomic mass is 32.1. The Morgan fingerprint density at radius 1 is 1.14 bits per heavy atom. The lowest BCUT2D eigenvalue weighted by Gasteiger charge is -2.34. The number of hydrogen-bond acceptors (Lipinski definition) is 6. The molecule has 3 aromatic rings. The number of anilines is 1. The first-order valence-electron chi connectivity index (χ1n) is 12.8. The molecule has 1 aromatic carbocycles. The summed E-state index contributed by atoms with van der Waals surface area (Å²) in [4.78, 5) is 32.0. The number of aromatic nitrogens is 1. The zero-order valence-electron chi connectivity index (χ0n) is 22.6. The summed E-state index contributed by atoms with van der Waals surface area (Å²) in [6.07, 6.45) is 2.60. The molecule has 0 bridgehead atoms. The molecular weight excluding hydrogens is 484 g/mol. The van der Waals surface area contributed by atoms with Gasteiger partial charge in [-0.3, -0.25) is 4.79 Å². The molecule has 0 radical (unpaired) electrons. The molecule has 198 valence electrons. The molecule has 8 heteroatoms. The highest BCUT2D eigenvalue weighted by Gasteiger charge is 2.30. The van der Waals surface area contributed by atoms with E-state index in [2.05, 4.69) is 37.5 Å². The average Bonchev–Trinajstić information content (AvgIpc) is 3.21. The minimum Gasteiger partial charge on any atom is -0.444 e. The Labute approximate surface area is 223 Å². The summed E-state index contributed by atoms with van der Waals surface area (Å²) in [6, 6.07) is 10.9. The zero-order valence-corrected chi connectivity index (χ0v) is 23.4. The van der Waals surface area contributed by atoms with Gasteiger partial charge in [0, 0.05) is 23.3 Å². The normalized spacial score (nSPS) is 16.6. The van der Waals surface area contributed by atoms with Crippen molar-refractivity contribution in [3.8, 4) is 0 Å². The first kappa shape index (κ1) is 26.9. The van der Waals surface area contributed by atoms with Crippen LogP contribution in [-0.4, -0.2) is 29.1 Å². The fourth-order valence-electron chi connectivity index (χ4n) is 4.68. The lowest BCUT2D eigenvalue weighted by molar-refractivity contribution is 0.0520. The molecule has 0 spiro atoms. The molecule has 4 N–H and O–H groups in total. The number of benzene rings is 1. The highest BCUT2D eigenvalue weighted by molar-refractivity contribution is 7.20. The van der Waals surface area contributed by atoms with Crippen LogP contribution in [0.25, 0.3) is 10.2 Å². The van der Waals surface area contributed by atoms with Gasteiger partial charge in [0.2, 0.25) is 0 Å². The van der Waals surface area contributed by atoms with Crippen molar-refractivity contribution in [1.82, 2.24) is 15.6 Å². The summed E-state index contributed by atoms with van der Waals surface area (Å²) in [5.41, 5.74) is 9.42. The lowest BCUT2D eigenvalue weighted by atomic mass is 9.71. The van der Waals surface area contributed by atoms with Gasteiger partial charge in [0.05, 0.1) is 10.9 Å². The third-order valence-corrected chi connectivity index (χ3v) is 7.86. The van der Waals surface area contributed by atoms with E-state index < -0.39 is 17.7 Å². The van der Waals surface area contributed by atoms with Gasteiger partial charge in [0.25, 0.3) is 5.91 Å². The van der Waals surface area contributed by atoms with Crippen molar-refractivity contribution in [2.45, 2.75) is 72.4 Å². The first-order chi connectivity index (χ1) is 17.3. The number of nitrogens with two attached hydrogens (primary N) is 1. The number of rotatable bonds is 5. The van der Waals surface area contributed by atoms with Gasteiger partial charge in [-0.2, -0.15) is 0 Å². The highest BCUT2D eigenvalue weighted by Crippen LogP contribution is 2.38. The minimum absolute atomic E-state index is 0.177. The van der Waals surface area contributed by atoms with Crippen molar-refractivity contribution in [2.75, 3.05) is 12.3 Å². The lowest BCUT2D eigenvalue weighted by Crippen LogP contribution is -2.40. The average molecular weight is 523 g/mol. The summed E-state index contributed by atoms with van der Waals surface area (Å²) >= 11 is 1.40. The fraction of sp³-hybridized carbons (Fsp3) is 0.483. The van der Waals surface area contributed by atoms with E-state index in [1.54, 1.807) is 12.1 Å². The van der Waals surface area contributed by atoms with Crippen LogP contribution in [0, 0.1) is 11.3 Å². The number of carbonyl (C=O) groups excluding carboxylic acids is 2. The molecule has 0 saturated heterocycles. The van der Waals surface area contributed by atoms with Gasteiger partial charge in [-0.15, -0.1) is 11.3 Å². The number of hydrogen-bond donors (Lipinski definition) is 3. The van der Waals surface area contributed by atoms with Crippen LogP contribution in [0.5, 0.6) is 0 Å². The van der Waals surface area contributed by atoms with Crippen molar-refractivity contribution in [2.24, 2.45) is 11.3 Å². The number of aryl methyl sites for hydroxylation is 1. The van der Waals surface area contributed by atoms with Crippen molar-refractivity contribution >= 4 is 39.2 Å². The Balaban J connectivity index is 1.53. The maximum absolute atomic E-state index is 13.3. The summed E-state index contributed by atoms with van der Waals surface area (Å²) in [5.74, 6) is 0.417. The molecule has 0 aliphatic heterocycles. The summed E-state index contributed by atoms with van der Waals surface area (Å²) in [6.45, 7) is 12.5. The maximum Gasteiger partial charge on any atom is 0.407 e. The van der Waals surface area contributed by atoms with Crippen LogP contribution in [0.3, 0.4) is 0 Å². The zero-order chi connectivity index (χ0) is 27.0. The SMILES string of the molecule is CC(C)(C)OC(=O)NC[C@H](NC(=O)c1cc2cc3c(nc2s1)CC[C@@H](C(C)(C)C)C3)c1ccc(N)cc1. The molecule has 2 amide bonds. The molecule has 4 rings (SSSR count). The minimum atomic E-state index is -0.611. The molecule has 1 aliphatic rings. The van der Waals surface area contributed by atoms with Gasteiger partial charge in [-0.25, -0.2) is 9.78 Å².